The predicted molar refractivity (Wildman–Crippen MR) is 71.2 cm³/mol. The van der Waals surface area contributed by atoms with E-state index in [1.165, 1.54) is 0 Å². The minimum Gasteiger partial charge on any atom is -0.481 e. The molecule has 0 spiro atoms. The first-order valence-electron chi connectivity index (χ1n) is 6.48. The van der Waals surface area contributed by atoms with Crippen LogP contribution in [-0.4, -0.2) is 29.1 Å². The van der Waals surface area contributed by atoms with Crippen molar-refractivity contribution in [1.29, 1.82) is 0 Å². The summed E-state index contributed by atoms with van der Waals surface area (Å²) in [6.45, 7) is 6.39. The van der Waals surface area contributed by atoms with Gasteiger partial charge in [0.25, 0.3) is 0 Å². The van der Waals surface area contributed by atoms with Gasteiger partial charge in [-0.25, -0.2) is 0 Å². The SMILES string of the molecule is CC(CCNC(=O)CCC(C)(C)N)CCC(=O)O. The predicted octanol–water partition coefficient (Wildman–Crippen LogP) is 1.51. The van der Waals surface area contributed by atoms with Crippen molar-refractivity contribution in [1.82, 2.24) is 5.32 Å². The third-order valence-electron chi connectivity index (χ3n) is 2.81. The second kappa shape index (κ2) is 8.08. The van der Waals surface area contributed by atoms with Gasteiger partial charge in [-0.3, -0.25) is 9.59 Å². The Kier molecular flexibility index (Phi) is 7.59. The van der Waals surface area contributed by atoms with Crippen LogP contribution in [0.4, 0.5) is 0 Å². The number of carbonyl (C=O) groups is 2. The van der Waals surface area contributed by atoms with Gasteiger partial charge in [0, 0.05) is 24.9 Å². The van der Waals surface area contributed by atoms with E-state index in [9.17, 15) is 9.59 Å². The molecule has 5 heteroatoms. The molecule has 0 aromatic rings. The van der Waals surface area contributed by atoms with E-state index >= 15 is 0 Å². The largest absolute Gasteiger partial charge is 0.481 e. The van der Waals surface area contributed by atoms with Gasteiger partial charge in [-0.05, 0) is 39.0 Å². The average molecular weight is 258 g/mol. The van der Waals surface area contributed by atoms with Crippen molar-refractivity contribution in [3.63, 3.8) is 0 Å². The molecule has 0 aliphatic carbocycles. The molecule has 0 heterocycles. The average Bonchev–Trinajstić information content (AvgIpc) is 2.22. The summed E-state index contributed by atoms with van der Waals surface area (Å²) in [7, 11) is 0. The van der Waals surface area contributed by atoms with Crippen LogP contribution in [0.25, 0.3) is 0 Å². The topological polar surface area (TPSA) is 92.4 Å². The molecule has 4 N–H and O–H groups in total. The Bertz CT molecular complexity index is 272. The molecule has 0 fully saturated rings. The fraction of sp³-hybridized carbons (Fsp3) is 0.846. The number of nitrogens with two attached hydrogens (primary N) is 1. The number of amides is 1. The normalized spacial score (nSPS) is 13.1. The molecule has 0 saturated heterocycles. The molecule has 1 unspecified atom stereocenters. The number of carbonyl (C=O) groups excluding carboxylic acids is 1. The molecule has 1 atom stereocenters. The zero-order valence-corrected chi connectivity index (χ0v) is 11.7. The molecule has 106 valence electrons. The molecule has 18 heavy (non-hydrogen) atoms. The zero-order chi connectivity index (χ0) is 14.2. The Morgan fingerprint density at radius 1 is 1.28 bits per heavy atom. The highest BCUT2D eigenvalue weighted by atomic mass is 16.4. The molecule has 0 aromatic carbocycles. The summed E-state index contributed by atoms with van der Waals surface area (Å²) in [5.74, 6) is -0.442. The van der Waals surface area contributed by atoms with Crippen LogP contribution < -0.4 is 11.1 Å². The summed E-state index contributed by atoms with van der Waals surface area (Å²) < 4.78 is 0. The van der Waals surface area contributed by atoms with E-state index in [-0.39, 0.29) is 17.9 Å². The minimum atomic E-state index is -0.768. The number of carboxylic acid groups (broad SMARTS) is 1. The lowest BCUT2D eigenvalue weighted by atomic mass is 9.99. The quantitative estimate of drug-likeness (QED) is 0.584. The summed E-state index contributed by atoms with van der Waals surface area (Å²) in [5, 5.41) is 11.4. The first-order valence-corrected chi connectivity index (χ1v) is 6.48. The van der Waals surface area contributed by atoms with E-state index in [2.05, 4.69) is 5.32 Å². The van der Waals surface area contributed by atoms with Crippen LogP contribution in [0, 0.1) is 5.92 Å². The molecule has 0 saturated carbocycles. The molecular weight excluding hydrogens is 232 g/mol. The van der Waals surface area contributed by atoms with Crippen molar-refractivity contribution in [2.24, 2.45) is 11.7 Å². The highest BCUT2D eigenvalue weighted by molar-refractivity contribution is 5.75. The summed E-state index contributed by atoms with van der Waals surface area (Å²) in [4.78, 5) is 21.9. The molecule has 0 radical (unpaired) electrons. The van der Waals surface area contributed by atoms with Crippen LogP contribution >= 0.6 is 0 Å². The van der Waals surface area contributed by atoms with Gasteiger partial charge in [0.05, 0.1) is 0 Å². The first-order chi connectivity index (χ1) is 8.20. The lowest BCUT2D eigenvalue weighted by Gasteiger charge is -2.17. The monoisotopic (exact) mass is 258 g/mol. The lowest BCUT2D eigenvalue weighted by molar-refractivity contribution is -0.137. The second-order valence-corrected chi connectivity index (χ2v) is 5.66. The third-order valence-corrected chi connectivity index (χ3v) is 2.81. The number of carboxylic acids is 1. The summed E-state index contributed by atoms with van der Waals surface area (Å²) >= 11 is 0. The Balaban J connectivity index is 3.59. The van der Waals surface area contributed by atoms with Gasteiger partial charge in [-0.1, -0.05) is 6.92 Å². The fourth-order valence-electron chi connectivity index (χ4n) is 1.50. The Morgan fingerprint density at radius 3 is 2.39 bits per heavy atom. The number of hydrogen-bond donors (Lipinski definition) is 3. The highest BCUT2D eigenvalue weighted by Gasteiger charge is 2.13. The van der Waals surface area contributed by atoms with E-state index in [1.807, 2.05) is 20.8 Å². The first kappa shape index (κ1) is 16.9. The van der Waals surface area contributed by atoms with Crippen LogP contribution in [0.15, 0.2) is 0 Å². The van der Waals surface area contributed by atoms with Gasteiger partial charge < -0.3 is 16.2 Å². The van der Waals surface area contributed by atoms with E-state index in [4.69, 9.17) is 10.8 Å². The van der Waals surface area contributed by atoms with Crippen molar-refractivity contribution < 1.29 is 14.7 Å². The standard InChI is InChI=1S/C13H26N2O3/c1-10(4-5-12(17)18)7-9-15-11(16)6-8-13(2,3)14/h10H,4-9,14H2,1-3H3,(H,15,16)(H,17,18). The molecule has 0 rings (SSSR count). The smallest absolute Gasteiger partial charge is 0.303 e. The van der Waals surface area contributed by atoms with Crippen molar-refractivity contribution in [2.75, 3.05) is 6.54 Å². The van der Waals surface area contributed by atoms with Crippen LogP contribution in [0.2, 0.25) is 0 Å². The van der Waals surface area contributed by atoms with E-state index < -0.39 is 5.97 Å². The van der Waals surface area contributed by atoms with E-state index in [0.717, 1.165) is 6.42 Å². The molecule has 0 aliphatic heterocycles. The maximum Gasteiger partial charge on any atom is 0.303 e. The number of nitrogens with one attached hydrogen (secondary N) is 1. The zero-order valence-electron chi connectivity index (χ0n) is 11.7. The number of hydrogen-bond acceptors (Lipinski definition) is 3. The van der Waals surface area contributed by atoms with Gasteiger partial charge in [0.2, 0.25) is 5.91 Å². The summed E-state index contributed by atoms with van der Waals surface area (Å²) in [6, 6.07) is 0. The Morgan fingerprint density at radius 2 is 1.89 bits per heavy atom. The van der Waals surface area contributed by atoms with Gasteiger partial charge in [-0.15, -0.1) is 0 Å². The van der Waals surface area contributed by atoms with Gasteiger partial charge in [0.1, 0.15) is 0 Å². The highest BCUT2D eigenvalue weighted by Crippen LogP contribution is 2.10. The maximum absolute atomic E-state index is 11.5. The molecule has 0 aliphatic rings. The van der Waals surface area contributed by atoms with Crippen molar-refractivity contribution in [3.8, 4) is 0 Å². The van der Waals surface area contributed by atoms with Crippen LogP contribution in [-0.2, 0) is 9.59 Å². The van der Waals surface area contributed by atoms with Crippen LogP contribution in [0.1, 0.15) is 52.9 Å². The summed E-state index contributed by atoms with van der Waals surface area (Å²) in [6.07, 6.45) is 2.75. The summed E-state index contributed by atoms with van der Waals surface area (Å²) in [5.41, 5.74) is 5.48. The molecule has 0 bridgehead atoms. The van der Waals surface area contributed by atoms with Crippen molar-refractivity contribution in [3.05, 3.63) is 0 Å². The molecular formula is C13H26N2O3. The van der Waals surface area contributed by atoms with Crippen molar-refractivity contribution in [2.45, 2.75) is 58.4 Å². The molecule has 1 amide bonds. The van der Waals surface area contributed by atoms with Crippen LogP contribution in [0.5, 0.6) is 0 Å². The Labute approximate surface area is 109 Å². The van der Waals surface area contributed by atoms with Crippen molar-refractivity contribution >= 4 is 11.9 Å². The molecule has 0 aromatic heterocycles. The van der Waals surface area contributed by atoms with Gasteiger partial charge >= 0.3 is 5.97 Å². The van der Waals surface area contributed by atoms with E-state index in [0.29, 0.717) is 31.7 Å². The lowest BCUT2D eigenvalue weighted by Crippen LogP contribution is -2.34. The Hall–Kier alpha value is -1.10. The van der Waals surface area contributed by atoms with Gasteiger partial charge in [0.15, 0.2) is 0 Å². The fourth-order valence-corrected chi connectivity index (χ4v) is 1.50. The van der Waals surface area contributed by atoms with Crippen LogP contribution in [0.3, 0.4) is 0 Å². The number of aliphatic carboxylic acids is 1. The maximum atomic E-state index is 11.5. The second-order valence-electron chi connectivity index (χ2n) is 5.66. The molecule has 5 nitrogen and oxygen atoms in total. The van der Waals surface area contributed by atoms with E-state index in [1.54, 1.807) is 0 Å². The van der Waals surface area contributed by atoms with Gasteiger partial charge in [-0.2, -0.15) is 0 Å². The number of rotatable bonds is 9. The minimum absolute atomic E-state index is 0.0129. The third kappa shape index (κ3) is 11.4.